The topological polar surface area (TPSA) is 47.9 Å². The molecule has 2 aromatic carbocycles. The van der Waals surface area contributed by atoms with E-state index in [0.717, 1.165) is 21.3 Å². The summed E-state index contributed by atoms with van der Waals surface area (Å²) in [6, 6.07) is 14.8. The van der Waals surface area contributed by atoms with Crippen molar-refractivity contribution in [1.29, 1.82) is 0 Å². The lowest BCUT2D eigenvalue weighted by atomic mass is 10.2. The number of aliphatic imine (C=N–C) groups is 1. The minimum absolute atomic E-state index is 0.281. The van der Waals surface area contributed by atoms with Gasteiger partial charge in [-0.2, -0.15) is 0 Å². The van der Waals surface area contributed by atoms with Crippen molar-refractivity contribution >= 4 is 33.9 Å². The fraction of sp³-hybridized carbons (Fsp3) is 0.0588. The minimum Gasteiger partial charge on any atom is -0.497 e. The molecule has 0 aliphatic carbocycles. The summed E-state index contributed by atoms with van der Waals surface area (Å²) < 4.78 is 11.3. The molecular weight excluding hydrogens is 346 g/mol. The van der Waals surface area contributed by atoms with Gasteiger partial charge in [-0.15, -0.1) is 0 Å². The summed E-state index contributed by atoms with van der Waals surface area (Å²) in [5.74, 6) is 0.582. The smallest absolute Gasteiger partial charge is 0.363 e. The van der Waals surface area contributed by atoms with Crippen LogP contribution in [-0.2, 0) is 9.53 Å². The monoisotopic (exact) mass is 357 g/mol. The fourth-order valence-electron chi connectivity index (χ4n) is 2.02. The van der Waals surface area contributed by atoms with Crippen LogP contribution < -0.4 is 4.74 Å². The highest BCUT2D eigenvalue weighted by atomic mass is 79.9. The lowest BCUT2D eigenvalue weighted by molar-refractivity contribution is -0.129. The molecule has 0 radical (unpaired) electrons. The van der Waals surface area contributed by atoms with Gasteiger partial charge in [0.1, 0.15) is 5.75 Å². The summed E-state index contributed by atoms with van der Waals surface area (Å²) in [6.45, 7) is 0. The van der Waals surface area contributed by atoms with E-state index in [1.54, 1.807) is 37.5 Å². The summed E-state index contributed by atoms with van der Waals surface area (Å²) in [6.07, 6.45) is 1.70. The van der Waals surface area contributed by atoms with Crippen LogP contribution in [0.2, 0.25) is 0 Å². The molecule has 0 saturated heterocycles. The normalized spacial score (nSPS) is 15.6. The lowest BCUT2D eigenvalue weighted by Gasteiger charge is -2.01. The summed E-state index contributed by atoms with van der Waals surface area (Å²) in [5, 5.41) is 0. The predicted molar refractivity (Wildman–Crippen MR) is 87.7 cm³/mol. The van der Waals surface area contributed by atoms with Crippen LogP contribution in [0, 0.1) is 0 Å². The number of halogens is 1. The maximum atomic E-state index is 11.9. The van der Waals surface area contributed by atoms with Crippen molar-refractivity contribution < 1.29 is 14.3 Å². The van der Waals surface area contributed by atoms with Gasteiger partial charge in [0, 0.05) is 10.0 Å². The lowest BCUT2D eigenvalue weighted by Crippen LogP contribution is -2.05. The molecule has 1 aliphatic rings. The number of hydrogen-bond donors (Lipinski definition) is 0. The molecular formula is C17H12BrNO3. The number of carbonyl (C=O) groups is 1. The number of cyclic esters (lactones) is 1. The van der Waals surface area contributed by atoms with Crippen molar-refractivity contribution in [2.75, 3.05) is 7.11 Å². The van der Waals surface area contributed by atoms with Crippen LogP contribution in [0.25, 0.3) is 6.08 Å². The predicted octanol–water partition coefficient (Wildman–Crippen LogP) is 3.80. The average molecular weight is 358 g/mol. The maximum absolute atomic E-state index is 11.9. The molecule has 0 aromatic heterocycles. The first-order chi connectivity index (χ1) is 10.7. The number of rotatable bonds is 3. The standard InChI is InChI=1S/C17H12BrNO3/c1-21-14-7-5-12(6-8-14)16-19-15(17(20)22-16)10-11-3-2-4-13(18)9-11/h2-10H,1H3/b15-10+. The molecule has 0 unspecified atom stereocenters. The van der Waals surface area contributed by atoms with E-state index in [-0.39, 0.29) is 5.70 Å². The quantitative estimate of drug-likeness (QED) is 0.619. The summed E-state index contributed by atoms with van der Waals surface area (Å²) in [5.41, 5.74) is 1.89. The number of esters is 1. The molecule has 3 rings (SSSR count). The van der Waals surface area contributed by atoms with Crippen LogP contribution in [0.1, 0.15) is 11.1 Å². The molecule has 0 atom stereocenters. The second kappa shape index (κ2) is 6.15. The van der Waals surface area contributed by atoms with Crippen LogP contribution in [-0.4, -0.2) is 19.0 Å². The number of carbonyl (C=O) groups excluding carboxylic acids is 1. The Morgan fingerprint density at radius 1 is 1.18 bits per heavy atom. The third kappa shape index (κ3) is 3.09. The van der Waals surface area contributed by atoms with Crippen LogP contribution in [0.15, 0.2) is 63.7 Å². The average Bonchev–Trinajstić information content (AvgIpc) is 2.88. The largest absolute Gasteiger partial charge is 0.497 e. The fourth-order valence-corrected chi connectivity index (χ4v) is 2.44. The Labute approximate surface area is 136 Å². The molecule has 0 N–H and O–H groups in total. The van der Waals surface area contributed by atoms with E-state index < -0.39 is 5.97 Å². The van der Waals surface area contributed by atoms with Gasteiger partial charge in [0.15, 0.2) is 5.70 Å². The summed E-state index contributed by atoms with van der Waals surface area (Å²) in [7, 11) is 1.60. The van der Waals surface area contributed by atoms with Crippen LogP contribution in [0.5, 0.6) is 5.75 Å². The molecule has 5 heteroatoms. The third-order valence-electron chi connectivity index (χ3n) is 3.11. The van der Waals surface area contributed by atoms with Gasteiger partial charge in [0.05, 0.1) is 7.11 Å². The molecule has 1 heterocycles. The number of nitrogens with zero attached hydrogens (tertiary/aromatic N) is 1. The Morgan fingerprint density at radius 2 is 1.95 bits per heavy atom. The van der Waals surface area contributed by atoms with Crippen LogP contribution in [0.4, 0.5) is 0 Å². The van der Waals surface area contributed by atoms with Crippen LogP contribution in [0.3, 0.4) is 0 Å². The molecule has 1 aliphatic heterocycles. The first kappa shape index (κ1) is 14.5. The molecule has 0 amide bonds. The van der Waals surface area contributed by atoms with Gasteiger partial charge in [-0.25, -0.2) is 9.79 Å². The van der Waals surface area contributed by atoms with Gasteiger partial charge in [-0.3, -0.25) is 0 Å². The van der Waals surface area contributed by atoms with E-state index in [1.807, 2.05) is 24.3 Å². The highest BCUT2D eigenvalue weighted by molar-refractivity contribution is 9.10. The van der Waals surface area contributed by atoms with E-state index in [1.165, 1.54) is 0 Å². The molecule has 0 fully saturated rings. The Morgan fingerprint density at radius 3 is 2.64 bits per heavy atom. The number of ether oxygens (including phenoxy) is 2. The molecule has 2 aromatic rings. The van der Waals surface area contributed by atoms with E-state index in [2.05, 4.69) is 20.9 Å². The van der Waals surface area contributed by atoms with Crippen molar-refractivity contribution in [2.45, 2.75) is 0 Å². The van der Waals surface area contributed by atoms with Crippen molar-refractivity contribution in [3.63, 3.8) is 0 Å². The second-order valence-corrected chi connectivity index (χ2v) is 5.54. The SMILES string of the molecule is COc1ccc(C2=N/C(=C/c3cccc(Br)c3)C(=O)O2)cc1. The summed E-state index contributed by atoms with van der Waals surface area (Å²) >= 11 is 3.40. The van der Waals surface area contributed by atoms with E-state index >= 15 is 0 Å². The van der Waals surface area contributed by atoms with Gasteiger partial charge in [-0.05, 0) is 48.0 Å². The van der Waals surface area contributed by atoms with Crippen LogP contribution >= 0.6 is 15.9 Å². The number of methoxy groups -OCH3 is 1. The zero-order valence-corrected chi connectivity index (χ0v) is 13.3. The first-order valence-electron chi connectivity index (χ1n) is 6.58. The minimum atomic E-state index is -0.453. The molecule has 0 spiro atoms. The third-order valence-corrected chi connectivity index (χ3v) is 3.60. The molecule has 4 nitrogen and oxygen atoms in total. The van der Waals surface area contributed by atoms with Crippen molar-refractivity contribution in [1.82, 2.24) is 0 Å². The van der Waals surface area contributed by atoms with Gasteiger partial charge >= 0.3 is 5.97 Å². The zero-order valence-electron chi connectivity index (χ0n) is 11.7. The van der Waals surface area contributed by atoms with E-state index in [4.69, 9.17) is 9.47 Å². The van der Waals surface area contributed by atoms with Crippen molar-refractivity contribution in [3.8, 4) is 5.75 Å². The molecule has 0 bridgehead atoms. The number of hydrogen-bond acceptors (Lipinski definition) is 4. The summed E-state index contributed by atoms with van der Waals surface area (Å²) in [4.78, 5) is 16.2. The highest BCUT2D eigenvalue weighted by Crippen LogP contribution is 2.21. The Balaban J connectivity index is 1.90. The first-order valence-corrected chi connectivity index (χ1v) is 7.37. The maximum Gasteiger partial charge on any atom is 0.363 e. The van der Waals surface area contributed by atoms with Gasteiger partial charge < -0.3 is 9.47 Å². The van der Waals surface area contributed by atoms with Gasteiger partial charge in [0.25, 0.3) is 0 Å². The Hall–Kier alpha value is -2.40. The molecule has 110 valence electrons. The molecule has 22 heavy (non-hydrogen) atoms. The Bertz CT molecular complexity index is 779. The van der Waals surface area contributed by atoms with E-state index in [9.17, 15) is 4.79 Å². The highest BCUT2D eigenvalue weighted by Gasteiger charge is 2.24. The number of benzene rings is 2. The molecule has 0 saturated carbocycles. The van der Waals surface area contributed by atoms with Gasteiger partial charge in [-0.1, -0.05) is 28.1 Å². The zero-order chi connectivity index (χ0) is 15.5. The second-order valence-electron chi connectivity index (χ2n) is 4.62. The van der Waals surface area contributed by atoms with Crippen molar-refractivity contribution in [3.05, 3.63) is 69.8 Å². The van der Waals surface area contributed by atoms with Gasteiger partial charge in [0.2, 0.25) is 5.90 Å². The van der Waals surface area contributed by atoms with E-state index in [0.29, 0.717) is 5.90 Å². The van der Waals surface area contributed by atoms with Crippen molar-refractivity contribution in [2.24, 2.45) is 4.99 Å². The Kier molecular flexibility index (Phi) is 4.06.